The fraction of sp³-hybridized carbons (Fsp3) is 0.250. The van der Waals surface area contributed by atoms with Crippen molar-refractivity contribution >= 4 is 39.1 Å². The Labute approximate surface area is 88.8 Å². The Balaban J connectivity index is 3.60. The summed E-state index contributed by atoms with van der Waals surface area (Å²) in [5.74, 6) is -0.459. The van der Waals surface area contributed by atoms with E-state index in [2.05, 4.69) is 15.9 Å². The van der Waals surface area contributed by atoms with Crippen LogP contribution in [0.1, 0.15) is 11.1 Å². The highest BCUT2D eigenvalue weighted by molar-refractivity contribution is 9.10. The van der Waals surface area contributed by atoms with E-state index in [1.807, 2.05) is 0 Å². The second-order valence-electron chi connectivity index (χ2n) is 2.51. The van der Waals surface area contributed by atoms with Crippen LogP contribution in [0.3, 0.4) is 0 Å². The number of rotatable bonds is 0. The molecule has 0 heterocycles. The van der Waals surface area contributed by atoms with Crippen molar-refractivity contribution in [2.75, 3.05) is 0 Å². The van der Waals surface area contributed by atoms with E-state index >= 15 is 0 Å². The van der Waals surface area contributed by atoms with Gasteiger partial charge in [-0.3, -0.25) is 0 Å². The van der Waals surface area contributed by atoms with Gasteiger partial charge in [-0.2, -0.15) is 0 Å². The summed E-state index contributed by atoms with van der Waals surface area (Å²) in [5, 5.41) is 0.512. The van der Waals surface area contributed by atoms with Crippen LogP contribution in [0.2, 0.25) is 10.0 Å². The first kappa shape index (κ1) is 10.3. The molecule has 0 amide bonds. The van der Waals surface area contributed by atoms with E-state index in [1.54, 1.807) is 13.8 Å². The van der Waals surface area contributed by atoms with Gasteiger partial charge in [-0.25, -0.2) is 4.39 Å². The third kappa shape index (κ3) is 1.48. The van der Waals surface area contributed by atoms with Gasteiger partial charge in [-0.15, -0.1) is 0 Å². The standard InChI is InChI=1S/C8H6BrCl2F/c1-3-5(9)7(11)8(12)4(2)6(3)10/h1-2H3. The van der Waals surface area contributed by atoms with Crippen molar-refractivity contribution in [1.29, 1.82) is 0 Å². The lowest BCUT2D eigenvalue weighted by atomic mass is 10.1. The third-order valence-electron chi connectivity index (χ3n) is 1.70. The molecule has 66 valence electrons. The van der Waals surface area contributed by atoms with Crippen molar-refractivity contribution in [3.63, 3.8) is 0 Å². The third-order valence-corrected chi connectivity index (χ3v) is 3.84. The molecule has 0 atom stereocenters. The number of hydrogen-bond donors (Lipinski definition) is 0. The summed E-state index contributed by atoms with van der Waals surface area (Å²) in [4.78, 5) is 0. The van der Waals surface area contributed by atoms with Crippen molar-refractivity contribution in [1.82, 2.24) is 0 Å². The Morgan fingerprint density at radius 3 is 2.08 bits per heavy atom. The highest BCUT2D eigenvalue weighted by atomic mass is 79.9. The van der Waals surface area contributed by atoms with Crippen LogP contribution in [-0.2, 0) is 0 Å². The van der Waals surface area contributed by atoms with Crippen LogP contribution in [0.5, 0.6) is 0 Å². The molecular weight excluding hydrogens is 266 g/mol. The van der Waals surface area contributed by atoms with Gasteiger partial charge in [0.1, 0.15) is 5.82 Å². The molecule has 1 aromatic carbocycles. The van der Waals surface area contributed by atoms with Gasteiger partial charge in [0.2, 0.25) is 0 Å². The maximum Gasteiger partial charge on any atom is 0.147 e. The van der Waals surface area contributed by atoms with E-state index in [4.69, 9.17) is 23.2 Å². The predicted molar refractivity (Wildman–Crippen MR) is 53.6 cm³/mol. The number of benzene rings is 1. The van der Waals surface area contributed by atoms with Crippen LogP contribution in [0.4, 0.5) is 4.39 Å². The normalized spacial score (nSPS) is 10.5. The Kier molecular flexibility index (Phi) is 3.02. The first-order valence-electron chi connectivity index (χ1n) is 3.26. The number of hydrogen-bond acceptors (Lipinski definition) is 0. The summed E-state index contributed by atoms with van der Waals surface area (Å²) in [7, 11) is 0. The minimum absolute atomic E-state index is 0.0920. The first-order chi connectivity index (χ1) is 5.46. The molecule has 1 aromatic rings. The Hall–Kier alpha value is 0.210. The summed E-state index contributed by atoms with van der Waals surface area (Å²) >= 11 is 14.7. The van der Waals surface area contributed by atoms with Crippen molar-refractivity contribution < 1.29 is 4.39 Å². The van der Waals surface area contributed by atoms with E-state index in [1.165, 1.54) is 0 Å². The molecule has 0 unspecified atom stereocenters. The molecule has 0 saturated heterocycles. The lowest BCUT2D eigenvalue weighted by Crippen LogP contribution is -1.91. The summed E-state index contributed by atoms with van der Waals surface area (Å²) in [6, 6.07) is 0. The Bertz CT molecular complexity index is 231. The van der Waals surface area contributed by atoms with Gasteiger partial charge in [0.05, 0.1) is 10.0 Å². The smallest absolute Gasteiger partial charge is 0.147 e. The zero-order valence-corrected chi connectivity index (χ0v) is 9.61. The fourth-order valence-corrected chi connectivity index (χ4v) is 1.85. The first-order valence-corrected chi connectivity index (χ1v) is 4.80. The average molecular weight is 272 g/mol. The summed E-state index contributed by atoms with van der Waals surface area (Å²) in [6.07, 6.45) is 0. The van der Waals surface area contributed by atoms with Crippen molar-refractivity contribution in [2.24, 2.45) is 0 Å². The van der Waals surface area contributed by atoms with Gasteiger partial charge in [0.15, 0.2) is 0 Å². The minimum atomic E-state index is -0.459. The molecule has 0 aliphatic carbocycles. The van der Waals surface area contributed by atoms with E-state index < -0.39 is 5.82 Å². The maximum absolute atomic E-state index is 13.2. The zero-order chi connectivity index (χ0) is 9.46. The van der Waals surface area contributed by atoms with E-state index in [9.17, 15) is 4.39 Å². The van der Waals surface area contributed by atoms with E-state index in [-0.39, 0.29) is 5.02 Å². The largest absolute Gasteiger partial charge is 0.205 e. The van der Waals surface area contributed by atoms with Crippen LogP contribution in [0, 0.1) is 19.7 Å². The fourth-order valence-electron chi connectivity index (χ4n) is 0.900. The topological polar surface area (TPSA) is 0 Å². The molecular formula is C8H6BrCl2F. The maximum atomic E-state index is 13.2. The summed E-state index contributed by atoms with van der Waals surface area (Å²) < 4.78 is 13.7. The average Bonchev–Trinajstić information content (AvgIpc) is 2.08. The lowest BCUT2D eigenvalue weighted by molar-refractivity contribution is 0.617. The van der Waals surface area contributed by atoms with Gasteiger partial charge >= 0.3 is 0 Å². The van der Waals surface area contributed by atoms with Crippen LogP contribution >= 0.6 is 39.1 Å². The van der Waals surface area contributed by atoms with Crippen LogP contribution in [0.15, 0.2) is 4.47 Å². The van der Waals surface area contributed by atoms with Gasteiger partial charge in [-0.1, -0.05) is 23.2 Å². The molecule has 0 radical (unpaired) electrons. The van der Waals surface area contributed by atoms with Crippen molar-refractivity contribution in [3.05, 3.63) is 31.5 Å². The predicted octanol–water partition coefficient (Wildman–Crippen LogP) is 4.51. The SMILES string of the molecule is Cc1c(F)c(Cl)c(Br)c(C)c1Cl. The molecule has 1 rings (SSSR count). The molecule has 0 spiro atoms. The van der Waals surface area contributed by atoms with E-state index in [0.717, 1.165) is 5.56 Å². The lowest BCUT2D eigenvalue weighted by Gasteiger charge is -2.08. The molecule has 4 heteroatoms. The van der Waals surface area contributed by atoms with Gasteiger partial charge in [-0.05, 0) is 35.3 Å². The van der Waals surface area contributed by atoms with Gasteiger partial charge in [0, 0.05) is 10.0 Å². The molecule has 0 aromatic heterocycles. The van der Waals surface area contributed by atoms with Crippen LogP contribution in [0.25, 0.3) is 0 Å². The molecule has 0 nitrogen and oxygen atoms in total. The molecule has 0 aliphatic rings. The zero-order valence-electron chi connectivity index (χ0n) is 6.51. The van der Waals surface area contributed by atoms with Gasteiger partial charge < -0.3 is 0 Å². The Morgan fingerprint density at radius 1 is 1.08 bits per heavy atom. The molecule has 0 saturated carbocycles. The molecule has 0 bridgehead atoms. The van der Waals surface area contributed by atoms with Gasteiger partial charge in [0.25, 0.3) is 0 Å². The van der Waals surface area contributed by atoms with Crippen LogP contribution < -0.4 is 0 Å². The van der Waals surface area contributed by atoms with Crippen molar-refractivity contribution in [3.8, 4) is 0 Å². The van der Waals surface area contributed by atoms with E-state index in [0.29, 0.717) is 15.1 Å². The van der Waals surface area contributed by atoms with Crippen molar-refractivity contribution in [2.45, 2.75) is 13.8 Å². The van der Waals surface area contributed by atoms with Crippen LogP contribution in [-0.4, -0.2) is 0 Å². The Morgan fingerprint density at radius 2 is 1.58 bits per heavy atom. The monoisotopic (exact) mass is 270 g/mol. The highest BCUT2D eigenvalue weighted by Crippen LogP contribution is 2.36. The molecule has 0 fully saturated rings. The summed E-state index contributed by atoms with van der Waals surface area (Å²) in [5.41, 5.74) is 1.16. The second-order valence-corrected chi connectivity index (χ2v) is 4.05. The highest BCUT2D eigenvalue weighted by Gasteiger charge is 2.15. The summed E-state index contributed by atoms with van der Waals surface area (Å²) in [6.45, 7) is 3.38. The quantitative estimate of drug-likeness (QED) is 0.481. The second kappa shape index (κ2) is 3.52. The number of halogens is 4. The molecule has 0 N–H and O–H groups in total. The molecule has 12 heavy (non-hydrogen) atoms. The molecule has 0 aliphatic heterocycles. The minimum Gasteiger partial charge on any atom is -0.205 e.